The van der Waals surface area contributed by atoms with Gasteiger partial charge >= 0.3 is 0 Å². The third-order valence-electron chi connectivity index (χ3n) is 3.09. The van der Waals surface area contributed by atoms with Crippen LogP contribution in [0.4, 0.5) is 0 Å². The summed E-state index contributed by atoms with van der Waals surface area (Å²) in [6.45, 7) is 2.81. The lowest BCUT2D eigenvalue weighted by atomic mass is 10.0. The van der Waals surface area contributed by atoms with Crippen LogP contribution in [0.5, 0.6) is 0 Å². The predicted molar refractivity (Wildman–Crippen MR) is 68.4 cm³/mol. The van der Waals surface area contributed by atoms with E-state index < -0.39 is 10.0 Å². The molecule has 96 valence electrons. The number of alkyl halides is 1. The highest BCUT2D eigenvalue weighted by atomic mass is 35.5. The van der Waals surface area contributed by atoms with Crippen molar-refractivity contribution in [3.63, 3.8) is 0 Å². The SMILES string of the molecule is CCCC1CCCCN1S(=O)(=O)CCCCl. The van der Waals surface area contributed by atoms with E-state index in [-0.39, 0.29) is 11.8 Å². The van der Waals surface area contributed by atoms with E-state index in [2.05, 4.69) is 6.92 Å². The van der Waals surface area contributed by atoms with Crippen LogP contribution in [0.1, 0.15) is 45.4 Å². The topological polar surface area (TPSA) is 37.4 Å². The van der Waals surface area contributed by atoms with E-state index in [1.807, 2.05) is 0 Å². The van der Waals surface area contributed by atoms with Crippen LogP contribution >= 0.6 is 11.6 Å². The maximum Gasteiger partial charge on any atom is 0.214 e. The van der Waals surface area contributed by atoms with E-state index in [4.69, 9.17) is 11.6 Å². The van der Waals surface area contributed by atoms with Gasteiger partial charge in [-0.15, -0.1) is 11.6 Å². The second-order valence-corrected chi connectivity index (χ2v) is 6.83. The van der Waals surface area contributed by atoms with Crippen molar-refractivity contribution in [1.82, 2.24) is 4.31 Å². The van der Waals surface area contributed by atoms with Gasteiger partial charge < -0.3 is 0 Å². The molecule has 1 saturated heterocycles. The van der Waals surface area contributed by atoms with E-state index in [0.29, 0.717) is 18.8 Å². The first kappa shape index (κ1) is 14.3. The summed E-state index contributed by atoms with van der Waals surface area (Å²) >= 11 is 5.56. The number of rotatable bonds is 6. The van der Waals surface area contributed by atoms with Gasteiger partial charge in [-0.25, -0.2) is 8.42 Å². The molecule has 1 rings (SSSR count). The monoisotopic (exact) mass is 267 g/mol. The normalized spacial score (nSPS) is 23.5. The molecule has 1 aliphatic rings. The Morgan fingerprint density at radius 3 is 2.75 bits per heavy atom. The first-order chi connectivity index (χ1) is 7.61. The molecule has 0 radical (unpaired) electrons. The largest absolute Gasteiger partial charge is 0.214 e. The Hall–Kier alpha value is 0.200. The van der Waals surface area contributed by atoms with E-state index in [1.54, 1.807) is 4.31 Å². The minimum atomic E-state index is -3.07. The summed E-state index contributed by atoms with van der Waals surface area (Å²) in [6, 6.07) is 0.235. The van der Waals surface area contributed by atoms with Crippen molar-refractivity contribution >= 4 is 21.6 Å². The Labute approximate surface area is 104 Å². The van der Waals surface area contributed by atoms with Crippen molar-refractivity contribution in [2.75, 3.05) is 18.2 Å². The molecule has 0 aromatic carbocycles. The van der Waals surface area contributed by atoms with E-state index in [0.717, 1.165) is 32.1 Å². The highest BCUT2D eigenvalue weighted by molar-refractivity contribution is 7.89. The molecule has 1 aliphatic heterocycles. The summed E-state index contributed by atoms with van der Waals surface area (Å²) in [7, 11) is -3.07. The number of nitrogens with zero attached hydrogens (tertiary/aromatic N) is 1. The van der Waals surface area contributed by atoms with E-state index in [9.17, 15) is 8.42 Å². The molecule has 0 spiro atoms. The van der Waals surface area contributed by atoms with Crippen LogP contribution in [0.3, 0.4) is 0 Å². The zero-order valence-corrected chi connectivity index (χ0v) is 11.6. The van der Waals surface area contributed by atoms with Crippen LogP contribution in [-0.2, 0) is 10.0 Å². The van der Waals surface area contributed by atoms with Crippen LogP contribution in [0, 0.1) is 0 Å². The van der Waals surface area contributed by atoms with Crippen molar-refractivity contribution in [2.24, 2.45) is 0 Å². The molecule has 0 aliphatic carbocycles. The third kappa shape index (κ3) is 3.90. The molecular weight excluding hydrogens is 246 g/mol. The van der Waals surface area contributed by atoms with Crippen molar-refractivity contribution in [3.8, 4) is 0 Å². The molecule has 16 heavy (non-hydrogen) atoms. The van der Waals surface area contributed by atoms with Crippen LogP contribution < -0.4 is 0 Å². The second kappa shape index (κ2) is 6.82. The zero-order valence-electron chi connectivity index (χ0n) is 9.99. The molecule has 1 atom stereocenters. The summed E-state index contributed by atoms with van der Waals surface area (Å²) in [5.41, 5.74) is 0. The summed E-state index contributed by atoms with van der Waals surface area (Å²) in [6.07, 6.45) is 5.77. The first-order valence-corrected chi connectivity index (χ1v) is 8.31. The fourth-order valence-electron chi connectivity index (χ4n) is 2.32. The predicted octanol–water partition coefficient (Wildman–Crippen LogP) is 2.60. The van der Waals surface area contributed by atoms with Crippen molar-refractivity contribution in [3.05, 3.63) is 0 Å². The molecule has 1 fully saturated rings. The molecule has 1 heterocycles. The lowest BCUT2D eigenvalue weighted by Gasteiger charge is -2.34. The summed E-state index contributed by atoms with van der Waals surface area (Å²) in [5.74, 6) is 0.627. The highest BCUT2D eigenvalue weighted by Crippen LogP contribution is 2.24. The van der Waals surface area contributed by atoms with Gasteiger partial charge in [-0.05, 0) is 25.7 Å². The molecule has 0 N–H and O–H groups in total. The van der Waals surface area contributed by atoms with Gasteiger partial charge in [-0.2, -0.15) is 4.31 Å². The second-order valence-electron chi connectivity index (χ2n) is 4.41. The number of halogens is 1. The number of hydrogen-bond acceptors (Lipinski definition) is 2. The van der Waals surface area contributed by atoms with Crippen LogP contribution in [0.15, 0.2) is 0 Å². The Bertz CT molecular complexity index is 290. The summed E-state index contributed by atoms with van der Waals surface area (Å²) in [5, 5.41) is 0. The quantitative estimate of drug-likeness (QED) is 0.694. The van der Waals surface area contributed by atoms with E-state index >= 15 is 0 Å². The Balaban J connectivity index is 2.66. The van der Waals surface area contributed by atoms with Crippen LogP contribution in [0.2, 0.25) is 0 Å². The molecule has 0 saturated carbocycles. The molecule has 0 bridgehead atoms. The molecule has 0 amide bonds. The summed E-state index contributed by atoms with van der Waals surface area (Å²) in [4.78, 5) is 0. The van der Waals surface area contributed by atoms with Gasteiger partial charge in [0.25, 0.3) is 0 Å². The maximum absolute atomic E-state index is 12.1. The fraction of sp³-hybridized carbons (Fsp3) is 1.00. The Morgan fingerprint density at radius 2 is 2.12 bits per heavy atom. The van der Waals surface area contributed by atoms with Crippen LogP contribution in [-0.4, -0.2) is 36.9 Å². The van der Waals surface area contributed by atoms with E-state index in [1.165, 1.54) is 0 Å². The van der Waals surface area contributed by atoms with Gasteiger partial charge in [0.2, 0.25) is 10.0 Å². The smallest absolute Gasteiger partial charge is 0.212 e. The number of sulfonamides is 1. The molecular formula is C11H22ClNO2S. The lowest BCUT2D eigenvalue weighted by Crippen LogP contribution is -2.44. The third-order valence-corrected chi connectivity index (χ3v) is 5.36. The van der Waals surface area contributed by atoms with Crippen molar-refractivity contribution < 1.29 is 8.42 Å². The van der Waals surface area contributed by atoms with Gasteiger partial charge in [0.05, 0.1) is 5.75 Å². The lowest BCUT2D eigenvalue weighted by molar-refractivity contribution is 0.239. The van der Waals surface area contributed by atoms with Crippen molar-refractivity contribution in [1.29, 1.82) is 0 Å². The maximum atomic E-state index is 12.1. The minimum Gasteiger partial charge on any atom is -0.212 e. The van der Waals surface area contributed by atoms with Gasteiger partial charge in [0.15, 0.2) is 0 Å². The number of hydrogen-bond donors (Lipinski definition) is 0. The molecule has 5 heteroatoms. The van der Waals surface area contributed by atoms with Gasteiger partial charge in [-0.1, -0.05) is 19.8 Å². The molecule has 0 aromatic heterocycles. The van der Waals surface area contributed by atoms with Crippen molar-refractivity contribution in [2.45, 2.75) is 51.5 Å². The first-order valence-electron chi connectivity index (χ1n) is 6.17. The zero-order chi connectivity index (χ0) is 12.0. The average molecular weight is 268 g/mol. The standard InChI is InChI=1S/C11H22ClNO2S/c1-2-6-11-7-3-4-9-13(11)16(14,15)10-5-8-12/h11H,2-10H2,1H3. The fourth-order valence-corrected chi connectivity index (χ4v) is 4.42. The highest BCUT2D eigenvalue weighted by Gasteiger charge is 2.30. The molecule has 0 aromatic rings. The van der Waals surface area contributed by atoms with Crippen LogP contribution in [0.25, 0.3) is 0 Å². The Kier molecular flexibility index (Phi) is 6.08. The van der Waals surface area contributed by atoms with Gasteiger partial charge in [-0.3, -0.25) is 0 Å². The molecule has 1 unspecified atom stereocenters. The minimum absolute atomic E-state index is 0.205. The van der Waals surface area contributed by atoms with Gasteiger partial charge in [0.1, 0.15) is 0 Å². The average Bonchev–Trinajstić information content (AvgIpc) is 2.27. The summed E-state index contributed by atoms with van der Waals surface area (Å²) < 4.78 is 25.9. The molecule has 3 nitrogen and oxygen atoms in total. The van der Waals surface area contributed by atoms with Gasteiger partial charge in [0, 0.05) is 18.5 Å². The number of piperidine rings is 1. The Morgan fingerprint density at radius 1 is 1.38 bits per heavy atom.